The summed E-state index contributed by atoms with van der Waals surface area (Å²) in [6, 6.07) is 9.23. The molecule has 1 saturated heterocycles. The molecule has 2 fully saturated rings. The molecule has 0 radical (unpaired) electrons. The van der Waals surface area contributed by atoms with E-state index in [1.54, 1.807) is 6.07 Å². The third-order valence-electron chi connectivity index (χ3n) is 8.62. The average molecular weight is 661 g/mol. The van der Waals surface area contributed by atoms with E-state index in [0.29, 0.717) is 6.42 Å². The number of furan rings is 1. The number of nitrogens with one attached hydrogen (secondary N) is 1. The van der Waals surface area contributed by atoms with E-state index < -0.39 is 57.9 Å². The van der Waals surface area contributed by atoms with E-state index in [4.69, 9.17) is 10.2 Å². The van der Waals surface area contributed by atoms with E-state index >= 15 is 0 Å². The van der Waals surface area contributed by atoms with Gasteiger partial charge in [-0.25, -0.2) is 13.4 Å². The van der Waals surface area contributed by atoms with Gasteiger partial charge in [0.1, 0.15) is 5.76 Å². The van der Waals surface area contributed by atoms with Crippen LogP contribution >= 0.6 is 0 Å². The lowest BCUT2D eigenvalue weighted by Gasteiger charge is -2.27. The van der Waals surface area contributed by atoms with Gasteiger partial charge in [0.25, 0.3) is 15.9 Å². The maximum atomic E-state index is 14.0. The van der Waals surface area contributed by atoms with E-state index in [2.05, 4.69) is 10.3 Å². The fourth-order valence-corrected chi connectivity index (χ4v) is 7.61. The Hall–Kier alpha value is -4.04. The number of amides is 2. The van der Waals surface area contributed by atoms with Crippen molar-refractivity contribution in [2.45, 2.75) is 74.5 Å². The second-order valence-electron chi connectivity index (χ2n) is 11.8. The molecule has 2 aromatic heterocycles. The quantitative estimate of drug-likeness (QED) is 0.326. The lowest BCUT2D eigenvalue weighted by Crippen LogP contribution is -2.46. The van der Waals surface area contributed by atoms with Gasteiger partial charge in [-0.3, -0.25) is 14.4 Å². The number of ketones is 1. The smallest absolute Gasteiger partial charge is 0.416 e. The number of pyridine rings is 1. The zero-order valence-corrected chi connectivity index (χ0v) is 25.8. The summed E-state index contributed by atoms with van der Waals surface area (Å²) in [5.74, 6) is -3.37. The second kappa shape index (κ2) is 13.8. The van der Waals surface area contributed by atoms with Crippen molar-refractivity contribution >= 4 is 27.6 Å². The van der Waals surface area contributed by atoms with Crippen LogP contribution in [0.3, 0.4) is 0 Å². The number of nitrogens with two attached hydrogens (primary N) is 1. The highest BCUT2D eigenvalue weighted by Gasteiger charge is 2.37. The molecule has 3 N–H and O–H groups in total. The molecule has 0 bridgehead atoms. The molecule has 1 aromatic carbocycles. The number of aromatic nitrogens is 1. The van der Waals surface area contributed by atoms with Crippen LogP contribution < -0.4 is 11.1 Å². The number of primary amides is 1. The molecule has 46 heavy (non-hydrogen) atoms. The highest BCUT2D eigenvalue weighted by molar-refractivity contribution is 7.89. The lowest BCUT2D eigenvalue weighted by atomic mass is 9.80. The van der Waals surface area contributed by atoms with Crippen LogP contribution in [0.4, 0.5) is 13.2 Å². The van der Waals surface area contributed by atoms with Crippen molar-refractivity contribution in [1.29, 1.82) is 0 Å². The summed E-state index contributed by atoms with van der Waals surface area (Å²) in [5, 5.41) is 2.60. The first-order valence-electron chi connectivity index (χ1n) is 15.2. The topological polar surface area (TPSA) is 153 Å². The molecule has 2 atom stereocenters. The summed E-state index contributed by atoms with van der Waals surface area (Å²) in [6.45, 7) is -0.411. The second-order valence-corrected chi connectivity index (χ2v) is 13.7. The molecule has 1 unspecified atom stereocenters. The first kappa shape index (κ1) is 33.3. The van der Waals surface area contributed by atoms with E-state index in [9.17, 15) is 36.0 Å². The largest absolute Gasteiger partial charge is 0.451 e. The fourth-order valence-electron chi connectivity index (χ4n) is 6.24. The van der Waals surface area contributed by atoms with E-state index in [1.807, 2.05) is 0 Å². The summed E-state index contributed by atoms with van der Waals surface area (Å²) in [5.41, 5.74) is 4.91. The van der Waals surface area contributed by atoms with Crippen LogP contribution in [0.25, 0.3) is 11.3 Å². The predicted octanol–water partition coefficient (Wildman–Crippen LogP) is 5.05. The summed E-state index contributed by atoms with van der Waals surface area (Å²) < 4.78 is 73.3. The molecular formula is C32H35F3N4O6S. The predicted molar refractivity (Wildman–Crippen MR) is 161 cm³/mol. The number of carbonyl (C=O) groups excluding carboxylic acids is 3. The number of hydrogen-bond acceptors (Lipinski definition) is 7. The van der Waals surface area contributed by atoms with Crippen molar-refractivity contribution in [3.63, 3.8) is 0 Å². The van der Waals surface area contributed by atoms with Gasteiger partial charge in [0.2, 0.25) is 5.91 Å². The Labute approximate surface area is 264 Å². The molecule has 1 aliphatic heterocycles. The minimum Gasteiger partial charge on any atom is -0.451 e. The Morgan fingerprint density at radius 2 is 1.80 bits per heavy atom. The fraction of sp³-hybridized carbons (Fsp3) is 0.438. The van der Waals surface area contributed by atoms with Crippen LogP contribution in [-0.4, -0.2) is 54.4 Å². The molecule has 2 aliphatic rings. The monoisotopic (exact) mass is 660 g/mol. The molecule has 246 valence electrons. The van der Waals surface area contributed by atoms with Gasteiger partial charge in [0.15, 0.2) is 16.6 Å². The van der Waals surface area contributed by atoms with E-state index in [1.165, 1.54) is 36.5 Å². The average Bonchev–Trinajstić information content (AvgIpc) is 3.40. The number of hydrogen-bond donors (Lipinski definition) is 2. The molecular weight excluding hydrogens is 625 g/mol. The Kier molecular flexibility index (Phi) is 9.96. The molecule has 1 aliphatic carbocycles. The summed E-state index contributed by atoms with van der Waals surface area (Å²) in [7, 11) is -4.05. The Morgan fingerprint density at radius 1 is 1.04 bits per heavy atom. The lowest BCUT2D eigenvalue weighted by molar-refractivity contribution is -0.137. The minimum absolute atomic E-state index is 0.0496. The van der Waals surface area contributed by atoms with Crippen LogP contribution in [0.5, 0.6) is 0 Å². The number of nitrogens with zero attached hydrogens (tertiary/aromatic N) is 2. The molecule has 14 heteroatoms. The number of sulfonamides is 1. The maximum Gasteiger partial charge on any atom is 0.416 e. The van der Waals surface area contributed by atoms with E-state index in [-0.39, 0.29) is 53.0 Å². The van der Waals surface area contributed by atoms with E-state index in [0.717, 1.165) is 48.5 Å². The van der Waals surface area contributed by atoms with Gasteiger partial charge < -0.3 is 15.5 Å². The maximum absolute atomic E-state index is 14.0. The number of alkyl halides is 3. The Morgan fingerprint density at radius 3 is 2.48 bits per heavy atom. The minimum atomic E-state index is -4.61. The first-order chi connectivity index (χ1) is 21.8. The molecule has 0 spiro atoms. The van der Waals surface area contributed by atoms with Crippen molar-refractivity contribution in [2.75, 3.05) is 13.1 Å². The number of carbonyl (C=O) groups is 3. The summed E-state index contributed by atoms with van der Waals surface area (Å²) in [4.78, 5) is 43.8. The Balaban J connectivity index is 1.43. The van der Waals surface area contributed by atoms with Gasteiger partial charge in [-0.2, -0.15) is 17.5 Å². The standard InChI is InChI=1S/C32H35F3N4O6S/c33-32(34,35)22-11-6-10-21(17-22)27-18-23(29(45-27)30(36)41)24(16-20-8-2-1-3-9-20)31(42)38-25-12-7-15-39(19-26(25)40)46(43,44)28-13-4-5-14-37-28/h4-6,10-11,13-14,17-18,20,24-25H,1-3,7-9,12,15-16,19H2,(H2,36,41)(H,38,42)/t24-,25?/m0/s1. The van der Waals surface area contributed by atoms with Crippen LogP contribution in [0.2, 0.25) is 0 Å². The van der Waals surface area contributed by atoms with Gasteiger partial charge in [0, 0.05) is 23.9 Å². The molecule has 2 amide bonds. The van der Waals surface area contributed by atoms with Crippen LogP contribution in [-0.2, 0) is 25.8 Å². The van der Waals surface area contributed by atoms with Gasteiger partial charge in [-0.1, -0.05) is 50.3 Å². The Bertz CT molecular complexity index is 1690. The third-order valence-corrected chi connectivity index (χ3v) is 10.4. The van der Waals surface area contributed by atoms with Crippen LogP contribution in [0, 0.1) is 5.92 Å². The number of benzene rings is 1. The van der Waals surface area contributed by atoms with Crippen molar-refractivity contribution < 1.29 is 40.4 Å². The molecule has 5 rings (SSSR count). The zero-order valence-electron chi connectivity index (χ0n) is 25.0. The van der Waals surface area contributed by atoms with Gasteiger partial charge in [-0.05, 0) is 55.5 Å². The highest BCUT2D eigenvalue weighted by atomic mass is 32.2. The van der Waals surface area contributed by atoms with Crippen molar-refractivity contribution in [3.05, 3.63) is 71.6 Å². The van der Waals surface area contributed by atoms with Crippen molar-refractivity contribution in [2.24, 2.45) is 11.7 Å². The van der Waals surface area contributed by atoms with Gasteiger partial charge in [-0.15, -0.1) is 0 Å². The van der Waals surface area contributed by atoms with Crippen molar-refractivity contribution in [3.8, 4) is 11.3 Å². The van der Waals surface area contributed by atoms with Crippen LogP contribution in [0.15, 0.2) is 64.2 Å². The van der Waals surface area contributed by atoms with Gasteiger partial charge >= 0.3 is 6.18 Å². The molecule has 1 saturated carbocycles. The molecule has 3 aromatic rings. The number of Topliss-reactive ketones (excluding diaryl/α,β-unsaturated/α-hetero) is 1. The highest BCUT2D eigenvalue weighted by Crippen LogP contribution is 2.39. The zero-order chi connectivity index (χ0) is 33.1. The normalized spacial score (nSPS) is 19.4. The molecule has 10 nitrogen and oxygen atoms in total. The van der Waals surface area contributed by atoms with Crippen LogP contribution in [0.1, 0.15) is 79.0 Å². The SMILES string of the molecule is NC(=O)c1oc(-c2cccc(C(F)(F)F)c2)cc1[C@H](CC1CCCCC1)C(=O)NC1CCCN(S(=O)(=O)c2ccccn2)CC1=O. The summed E-state index contributed by atoms with van der Waals surface area (Å²) in [6.07, 6.45) is 2.17. The first-order valence-corrected chi connectivity index (χ1v) is 16.6. The third kappa shape index (κ3) is 7.49. The van der Waals surface area contributed by atoms with Gasteiger partial charge in [0.05, 0.1) is 24.1 Å². The van der Waals surface area contributed by atoms with Crippen molar-refractivity contribution in [1.82, 2.24) is 14.6 Å². The number of rotatable bonds is 9. The summed E-state index contributed by atoms with van der Waals surface area (Å²) >= 11 is 0. The number of halogens is 3. The molecule has 3 heterocycles.